The second-order valence-electron chi connectivity index (χ2n) is 6.89. The molecule has 0 bridgehead atoms. The largest absolute Gasteiger partial charge is 0.311 e. The highest BCUT2D eigenvalue weighted by Crippen LogP contribution is 2.21. The first kappa shape index (κ1) is 16.0. The van der Waals surface area contributed by atoms with Crippen LogP contribution in [-0.2, 0) is 0 Å². The summed E-state index contributed by atoms with van der Waals surface area (Å²) in [5, 5.41) is 3.46. The molecule has 3 heteroatoms. The van der Waals surface area contributed by atoms with Gasteiger partial charge in [-0.1, -0.05) is 26.8 Å². The molecule has 0 atom stereocenters. The summed E-state index contributed by atoms with van der Waals surface area (Å²) >= 11 is 0. The SMILES string of the molecule is C=C(CNC(C)C)CN1CCC(N2CCCCC2)CC1. The lowest BCUT2D eigenvalue weighted by Gasteiger charge is -2.40. The van der Waals surface area contributed by atoms with E-state index < -0.39 is 0 Å². The van der Waals surface area contributed by atoms with Crippen LogP contribution in [0.5, 0.6) is 0 Å². The molecule has 2 heterocycles. The Labute approximate surface area is 125 Å². The Bertz CT molecular complexity index is 287. The van der Waals surface area contributed by atoms with Crippen molar-refractivity contribution in [1.29, 1.82) is 0 Å². The molecule has 2 aliphatic rings. The fraction of sp³-hybridized carbons (Fsp3) is 0.882. The summed E-state index contributed by atoms with van der Waals surface area (Å²) in [6.07, 6.45) is 6.98. The Balaban J connectivity index is 1.64. The van der Waals surface area contributed by atoms with Crippen molar-refractivity contribution in [2.45, 2.75) is 58.0 Å². The van der Waals surface area contributed by atoms with Crippen molar-refractivity contribution >= 4 is 0 Å². The molecule has 0 amide bonds. The van der Waals surface area contributed by atoms with Crippen LogP contribution in [0.4, 0.5) is 0 Å². The topological polar surface area (TPSA) is 18.5 Å². The van der Waals surface area contributed by atoms with Crippen LogP contribution in [0.1, 0.15) is 46.0 Å². The van der Waals surface area contributed by atoms with Crippen LogP contribution < -0.4 is 5.32 Å². The van der Waals surface area contributed by atoms with Crippen molar-refractivity contribution in [1.82, 2.24) is 15.1 Å². The van der Waals surface area contributed by atoms with Gasteiger partial charge in [0.05, 0.1) is 0 Å². The van der Waals surface area contributed by atoms with Crippen LogP contribution in [-0.4, -0.2) is 61.2 Å². The van der Waals surface area contributed by atoms with Gasteiger partial charge in [-0.05, 0) is 57.4 Å². The number of nitrogens with one attached hydrogen (secondary N) is 1. The monoisotopic (exact) mass is 279 g/mol. The van der Waals surface area contributed by atoms with Crippen LogP contribution in [0.2, 0.25) is 0 Å². The van der Waals surface area contributed by atoms with E-state index in [-0.39, 0.29) is 0 Å². The van der Waals surface area contributed by atoms with Gasteiger partial charge in [-0.25, -0.2) is 0 Å². The van der Waals surface area contributed by atoms with Gasteiger partial charge in [0.15, 0.2) is 0 Å². The van der Waals surface area contributed by atoms with Crippen molar-refractivity contribution in [2.75, 3.05) is 39.3 Å². The Morgan fingerprint density at radius 2 is 1.75 bits per heavy atom. The van der Waals surface area contributed by atoms with E-state index >= 15 is 0 Å². The molecule has 2 fully saturated rings. The van der Waals surface area contributed by atoms with Gasteiger partial charge < -0.3 is 10.2 Å². The van der Waals surface area contributed by atoms with E-state index in [1.165, 1.54) is 63.9 Å². The average Bonchev–Trinajstić information content (AvgIpc) is 2.47. The fourth-order valence-electron chi connectivity index (χ4n) is 3.45. The van der Waals surface area contributed by atoms with Gasteiger partial charge in [0, 0.05) is 25.2 Å². The lowest BCUT2D eigenvalue weighted by atomic mass is 9.99. The molecule has 0 unspecified atom stereocenters. The highest BCUT2D eigenvalue weighted by molar-refractivity contribution is 5.01. The summed E-state index contributed by atoms with van der Waals surface area (Å²) in [7, 11) is 0. The van der Waals surface area contributed by atoms with Gasteiger partial charge in [0.1, 0.15) is 0 Å². The van der Waals surface area contributed by atoms with Gasteiger partial charge in [-0.3, -0.25) is 4.90 Å². The highest BCUT2D eigenvalue weighted by atomic mass is 15.2. The predicted molar refractivity (Wildman–Crippen MR) is 87.2 cm³/mol. The number of likely N-dealkylation sites (tertiary alicyclic amines) is 2. The smallest absolute Gasteiger partial charge is 0.0202 e. The first-order valence-corrected chi connectivity index (χ1v) is 8.51. The third kappa shape index (κ3) is 5.19. The molecule has 0 aliphatic carbocycles. The summed E-state index contributed by atoms with van der Waals surface area (Å²) in [5.41, 5.74) is 1.33. The summed E-state index contributed by atoms with van der Waals surface area (Å²) in [6, 6.07) is 1.41. The van der Waals surface area contributed by atoms with Crippen molar-refractivity contribution < 1.29 is 0 Å². The molecule has 0 saturated carbocycles. The third-order valence-electron chi connectivity index (χ3n) is 4.67. The van der Waals surface area contributed by atoms with Gasteiger partial charge in [0.25, 0.3) is 0 Å². The van der Waals surface area contributed by atoms with Crippen LogP contribution >= 0.6 is 0 Å². The first-order valence-electron chi connectivity index (χ1n) is 8.51. The average molecular weight is 279 g/mol. The Morgan fingerprint density at radius 1 is 1.10 bits per heavy atom. The van der Waals surface area contributed by atoms with Crippen LogP contribution in [0.25, 0.3) is 0 Å². The van der Waals surface area contributed by atoms with E-state index in [2.05, 4.69) is 35.5 Å². The van der Waals surface area contributed by atoms with Crippen molar-refractivity contribution in [3.05, 3.63) is 12.2 Å². The quantitative estimate of drug-likeness (QED) is 0.754. The van der Waals surface area contributed by atoms with Gasteiger partial charge in [-0.2, -0.15) is 0 Å². The Morgan fingerprint density at radius 3 is 2.35 bits per heavy atom. The predicted octanol–water partition coefficient (Wildman–Crippen LogP) is 2.49. The van der Waals surface area contributed by atoms with Crippen molar-refractivity contribution in [3.63, 3.8) is 0 Å². The minimum Gasteiger partial charge on any atom is -0.311 e. The molecule has 0 spiro atoms. The number of piperidine rings is 2. The molecule has 0 aromatic carbocycles. The second kappa shape index (κ2) is 8.16. The summed E-state index contributed by atoms with van der Waals surface area (Å²) in [4.78, 5) is 5.33. The second-order valence-corrected chi connectivity index (χ2v) is 6.89. The number of hydrogen-bond donors (Lipinski definition) is 1. The van der Waals surface area contributed by atoms with E-state index in [1.54, 1.807) is 0 Å². The molecule has 1 N–H and O–H groups in total. The molecule has 2 rings (SSSR count). The molecule has 3 nitrogen and oxygen atoms in total. The molecule has 20 heavy (non-hydrogen) atoms. The number of rotatable bonds is 6. The molecular formula is C17H33N3. The van der Waals surface area contributed by atoms with Gasteiger partial charge >= 0.3 is 0 Å². The van der Waals surface area contributed by atoms with Crippen molar-refractivity contribution in [3.8, 4) is 0 Å². The fourth-order valence-corrected chi connectivity index (χ4v) is 3.45. The van der Waals surface area contributed by atoms with Crippen LogP contribution in [0.15, 0.2) is 12.2 Å². The van der Waals surface area contributed by atoms with E-state index in [1.807, 2.05) is 0 Å². The van der Waals surface area contributed by atoms with Gasteiger partial charge in [-0.15, -0.1) is 0 Å². The van der Waals surface area contributed by atoms with E-state index in [9.17, 15) is 0 Å². The van der Waals surface area contributed by atoms with Crippen LogP contribution in [0.3, 0.4) is 0 Å². The number of nitrogens with zero attached hydrogens (tertiary/aromatic N) is 2. The zero-order valence-corrected chi connectivity index (χ0v) is 13.5. The molecule has 0 aromatic heterocycles. The molecule has 0 radical (unpaired) electrons. The molecular weight excluding hydrogens is 246 g/mol. The maximum absolute atomic E-state index is 4.22. The summed E-state index contributed by atoms with van der Waals surface area (Å²) < 4.78 is 0. The summed E-state index contributed by atoms with van der Waals surface area (Å²) in [5.74, 6) is 0. The summed E-state index contributed by atoms with van der Waals surface area (Å²) in [6.45, 7) is 15.8. The van der Waals surface area contributed by atoms with E-state index in [4.69, 9.17) is 0 Å². The molecule has 2 saturated heterocycles. The normalized spacial score (nSPS) is 23.4. The minimum atomic E-state index is 0.552. The zero-order valence-electron chi connectivity index (χ0n) is 13.5. The maximum Gasteiger partial charge on any atom is 0.0202 e. The minimum absolute atomic E-state index is 0.552. The van der Waals surface area contributed by atoms with E-state index in [0.29, 0.717) is 6.04 Å². The Hall–Kier alpha value is -0.380. The molecule has 116 valence electrons. The lowest BCUT2D eigenvalue weighted by molar-refractivity contribution is 0.0962. The molecule has 0 aromatic rings. The third-order valence-corrected chi connectivity index (χ3v) is 4.67. The lowest BCUT2D eigenvalue weighted by Crippen LogP contribution is -2.47. The first-order chi connectivity index (χ1) is 9.65. The standard InChI is InChI=1S/C17H33N3/c1-15(2)18-13-16(3)14-19-11-7-17(8-12-19)20-9-5-4-6-10-20/h15,17-18H,3-14H2,1-2H3. The van der Waals surface area contributed by atoms with Crippen molar-refractivity contribution in [2.24, 2.45) is 0 Å². The highest BCUT2D eigenvalue weighted by Gasteiger charge is 2.25. The van der Waals surface area contributed by atoms with E-state index in [0.717, 1.165) is 19.1 Å². The maximum atomic E-state index is 4.22. The molecule has 2 aliphatic heterocycles. The zero-order chi connectivity index (χ0) is 14.4. The number of hydrogen-bond acceptors (Lipinski definition) is 3. The van der Waals surface area contributed by atoms with Crippen LogP contribution in [0, 0.1) is 0 Å². The van der Waals surface area contributed by atoms with Gasteiger partial charge in [0.2, 0.25) is 0 Å². The Kier molecular flexibility index (Phi) is 6.53.